The number of hydrogen-bond donors (Lipinski definition) is 1. The zero-order valence-electron chi connectivity index (χ0n) is 14.5. The van der Waals surface area contributed by atoms with Crippen molar-refractivity contribution in [1.29, 1.82) is 0 Å². The molecule has 1 unspecified atom stereocenters. The van der Waals surface area contributed by atoms with Crippen LogP contribution in [0.15, 0.2) is 41.0 Å². The Kier molecular flexibility index (Phi) is 6.95. The van der Waals surface area contributed by atoms with Gasteiger partial charge in [-0.3, -0.25) is 4.79 Å². The van der Waals surface area contributed by atoms with Crippen LogP contribution in [0.4, 0.5) is 0 Å². The molecule has 0 saturated heterocycles. The Bertz CT molecular complexity index is 725. The minimum atomic E-state index is -0.192. The van der Waals surface area contributed by atoms with E-state index in [0.717, 1.165) is 11.3 Å². The minimum absolute atomic E-state index is 0.0400. The van der Waals surface area contributed by atoms with Gasteiger partial charge in [0.1, 0.15) is 5.76 Å². The van der Waals surface area contributed by atoms with Gasteiger partial charge >= 0.3 is 0 Å². The fraction of sp³-hybridized carbons (Fsp3) is 0.316. The van der Waals surface area contributed by atoms with E-state index >= 15 is 0 Å². The summed E-state index contributed by atoms with van der Waals surface area (Å²) in [4.78, 5) is 12.0. The van der Waals surface area contributed by atoms with E-state index in [1.54, 1.807) is 31.6 Å². The van der Waals surface area contributed by atoms with Crippen molar-refractivity contribution in [2.75, 3.05) is 13.7 Å². The summed E-state index contributed by atoms with van der Waals surface area (Å²) in [5.74, 6) is 1.67. The van der Waals surface area contributed by atoms with Gasteiger partial charge in [-0.15, -0.1) is 0 Å². The van der Waals surface area contributed by atoms with Crippen molar-refractivity contribution in [3.8, 4) is 11.5 Å². The lowest BCUT2D eigenvalue weighted by Crippen LogP contribution is -2.32. The highest BCUT2D eigenvalue weighted by molar-refractivity contribution is 6.32. The summed E-state index contributed by atoms with van der Waals surface area (Å²) in [6.07, 6.45) is 5.39. The van der Waals surface area contributed by atoms with Crippen molar-refractivity contribution in [1.82, 2.24) is 5.32 Å². The minimum Gasteiger partial charge on any atom is -0.493 e. The number of halogens is 1. The largest absolute Gasteiger partial charge is 0.493 e. The Balaban J connectivity index is 2.00. The predicted octanol–water partition coefficient (Wildman–Crippen LogP) is 4.10. The molecule has 0 radical (unpaired) electrons. The zero-order valence-corrected chi connectivity index (χ0v) is 15.3. The summed E-state index contributed by atoms with van der Waals surface area (Å²) >= 11 is 6.22. The van der Waals surface area contributed by atoms with Crippen molar-refractivity contribution >= 4 is 23.6 Å². The molecule has 1 aromatic carbocycles. The Labute approximate surface area is 152 Å². The summed E-state index contributed by atoms with van der Waals surface area (Å²) in [5, 5.41) is 3.33. The summed E-state index contributed by atoms with van der Waals surface area (Å²) in [7, 11) is 1.55. The third-order valence-corrected chi connectivity index (χ3v) is 3.72. The van der Waals surface area contributed by atoms with E-state index in [4.69, 9.17) is 25.5 Å². The summed E-state index contributed by atoms with van der Waals surface area (Å²) in [5.41, 5.74) is 0.749. The average Bonchev–Trinajstić information content (AvgIpc) is 3.07. The van der Waals surface area contributed by atoms with Crippen molar-refractivity contribution in [3.63, 3.8) is 0 Å². The normalized spacial score (nSPS) is 12.2. The first-order valence-electron chi connectivity index (χ1n) is 8.04. The van der Waals surface area contributed by atoms with Crippen LogP contribution in [-0.4, -0.2) is 25.7 Å². The standard InChI is InChI=1S/C19H22ClNO4/c1-4-24-19-16(20)11-14(12-17(19)23-3)7-8-18(22)21-13(2)10-15-6-5-9-25-15/h5-9,11-13H,4,10H2,1-3H3,(H,21,22)/b8-7+. The highest BCUT2D eigenvalue weighted by Gasteiger charge is 2.11. The molecule has 0 aliphatic heterocycles. The molecular weight excluding hydrogens is 342 g/mol. The van der Waals surface area contributed by atoms with E-state index in [9.17, 15) is 4.79 Å². The zero-order chi connectivity index (χ0) is 18.2. The van der Waals surface area contributed by atoms with Crippen LogP contribution < -0.4 is 14.8 Å². The Hall–Kier alpha value is -2.40. The van der Waals surface area contributed by atoms with E-state index in [0.29, 0.717) is 29.5 Å². The molecular formula is C19H22ClNO4. The van der Waals surface area contributed by atoms with Gasteiger partial charge in [0.05, 0.1) is 25.0 Å². The first-order chi connectivity index (χ1) is 12.0. The Morgan fingerprint density at radius 1 is 1.44 bits per heavy atom. The summed E-state index contributed by atoms with van der Waals surface area (Å²) in [6.45, 7) is 4.28. The van der Waals surface area contributed by atoms with E-state index in [-0.39, 0.29) is 11.9 Å². The van der Waals surface area contributed by atoms with Crippen LogP contribution in [0.3, 0.4) is 0 Å². The van der Waals surface area contributed by atoms with E-state index < -0.39 is 0 Å². The highest BCUT2D eigenvalue weighted by Crippen LogP contribution is 2.36. The second-order valence-electron chi connectivity index (χ2n) is 5.49. The van der Waals surface area contributed by atoms with Crippen LogP contribution in [0.1, 0.15) is 25.2 Å². The number of carbonyl (C=O) groups excluding carboxylic acids is 1. The second kappa shape index (κ2) is 9.18. The van der Waals surface area contributed by atoms with Gasteiger partial charge in [0.2, 0.25) is 5.91 Å². The predicted molar refractivity (Wildman–Crippen MR) is 98.2 cm³/mol. The molecule has 0 bridgehead atoms. The first kappa shape index (κ1) is 18.9. The highest BCUT2D eigenvalue weighted by atomic mass is 35.5. The van der Waals surface area contributed by atoms with Crippen LogP contribution in [0.2, 0.25) is 5.02 Å². The Morgan fingerprint density at radius 3 is 2.88 bits per heavy atom. The molecule has 0 spiro atoms. The smallest absolute Gasteiger partial charge is 0.244 e. The van der Waals surface area contributed by atoms with Crippen molar-refractivity contribution in [3.05, 3.63) is 53.0 Å². The van der Waals surface area contributed by atoms with Crippen LogP contribution in [0.5, 0.6) is 11.5 Å². The van der Waals surface area contributed by atoms with E-state index in [1.165, 1.54) is 6.08 Å². The van der Waals surface area contributed by atoms with E-state index in [1.807, 2.05) is 26.0 Å². The maximum atomic E-state index is 12.0. The molecule has 25 heavy (non-hydrogen) atoms. The number of carbonyl (C=O) groups is 1. The van der Waals surface area contributed by atoms with Crippen molar-refractivity contribution in [2.45, 2.75) is 26.3 Å². The van der Waals surface area contributed by atoms with Gasteiger partial charge in [-0.25, -0.2) is 0 Å². The lowest BCUT2D eigenvalue weighted by Gasteiger charge is -2.12. The SMILES string of the molecule is CCOc1c(Cl)cc(/C=C/C(=O)NC(C)Cc2ccco2)cc1OC. The lowest BCUT2D eigenvalue weighted by atomic mass is 10.1. The number of furan rings is 1. The maximum Gasteiger partial charge on any atom is 0.244 e. The molecule has 5 nitrogen and oxygen atoms in total. The number of methoxy groups -OCH3 is 1. The fourth-order valence-electron chi connectivity index (χ4n) is 2.36. The van der Waals surface area contributed by atoms with Crippen LogP contribution in [-0.2, 0) is 11.2 Å². The van der Waals surface area contributed by atoms with Gasteiger partial charge < -0.3 is 19.2 Å². The number of amides is 1. The topological polar surface area (TPSA) is 60.7 Å². The van der Waals surface area contributed by atoms with Gasteiger partial charge in [0.15, 0.2) is 11.5 Å². The van der Waals surface area contributed by atoms with Crippen LogP contribution in [0.25, 0.3) is 6.08 Å². The molecule has 1 atom stereocenters. The third-order valence-electron chi connectivity index (χ3n) is 3.44. The molecule has 0 aliphatic rings. The van der Waals surface area contributed by atoms with Gasteiger partial charge in [0.25, 0.3) is 0 Å². The first-order valence-corrected chi connectivity index (χ1v) is 8.42. The van der Waals surface area contributed by atoms with Crippen molar-refractivity contribution < 1.29 is 18.7 Å². The molecule has 1 amide bonds. The molecule has 0 aliphatic carbocycles. The molecule has 6 heteroatoms. The molecule has 1 N–H and O–H groups in total. The number of rotatable bonds is 8. The number of hydrogen-bond acceptors (Lipinski definition) is 4. The lowest BCUT2D eigenvalue weighted by molar-refractivity contribution is -0.117. The molecule has 0 fully saturated rings. The van der Waals surface area contributed by atoms with Crippen LogP contribution >= 0.6 is 11.6 Å². The Morgan fingerprint density at radius 2 is 2.24 bits per heavy atom. The van der Waals surface area contributed by atoms with E-state index in [2.05, 4.69) is 5.32 Å². The van der Waals surface area contributed by atoms with Gasteiger partial charge in [-0.05, 0) is 49.8 Å². The van der Waals surface area contributed by atoms with Gasteiger partial charge in [0, 0.05) is 18.5 Å². The number of nitrogens with one attached hydrogen (secondary N) is 1. The monoisotopic (exact) mass is 363 g/mol. The molecule has 2 aromatic rings. The van der Waals surface area contributed by atoms with Gasteiger partial charge in [-0.2, -0.15) is 0 Å². The molecule has 134 valence electrons. The second-order valence-corrected chi connectivity index (χ2v) is 5.90. The van der Waals surface area contributed by atoms with Crippen molar-refractivity contribution in [2.24, 2.45) is 0 Å². The summed E-state index contributed by atoms with van der Waals surface area (Å²) in [6, 6.07) is 7.17. The number of ether oxygens (including phenoxy) is 2. The molecule has 0 saturated carbocycles. The average molecular weight is 364 g/mol. The molecule has 1 heterocycles. The maximum absolute atomic E-state index is 12.0. The van der Waals surface area contributed by atoms with Crippen LogP contribution in [0, 0.1) is 0 Å². The quantitative estimate of drug-likeness (QED) is 0.717. The third kappa shape index (κ3) is 5.57. The fourth-order valence-corrected chi connectivity index (χ4v) is 2.64. The molecule has 1 aromatic heterocycles. The molecule has 2 rings (SSSR count). The van der Waals surface area contributed by atoms with Gasteiger partial charge in [-0.1, -0.05) is 11.6 Å². The number of benzene rings is 1. The summed E-state index contributed by atoms with van der Waals surface area (Å²) < 4.78 is 16.0.